The molecule has 1 aromatic carbocycles. The van der Waals surface area contributed by atoms with E-state index in [9.17, 15) is 4.79 Å². The van der Waals surface area contributed by atoms with Gasteiger partial charge in [-0.3, -0.25) is 0 Å². The number of carbonyl (C=O) groups excluding carboxylic acids is 1. The Bertz CT molecular complexity index is 440. The van der Waals surface area contributed by atoms with Crippen molar-refractivity contribution >= 4 is 17.9 Å². The molecule has 3 heteroatoms. The Labute approximate surface area is 107 Å². The molecule has 0 bridgehead atoms. The van der Waals surface area contributed by atoms with Crippen molar-refractivity contribution in [2.75, 3.05) is 7.11 Å². The minimum atomic E-state index is 0.158. The van der Waals surface area contributed by atoms with Crippen LogP contribution < -0.4 is 4.74 Å². The van der Waals surface area contributed by atoms with E-state index in [2.05, 4.69) is 6.07 Å². The van der Waals surface area contributed by atoms with Crippen molar-refractivity contribution in [3.63, 3.8) is 0 Å². The Morgan fingerprint density at radius 1 is 1.53 bits per heavy atom. The van der Waals surface area contributed by atoms with E-state index >= 15 is 0 Å². The van der Waals surface area contributed by atoms with E-state index in [0.29, 0.717) is 6.42 Å². The third-order valence-corrected chi connectivity index (χ3v) is 3.90. The standard InChI is InChI=1S/C14H17ClO2/c1-9(6-7-16)12-8-10-4-3-5-11(10)13(15)14(12)17-2/h7-9H,3-6H2,1-2H3. The van der Waals surface area contributed by atoms with Crippen LogP contribution in [0.2, 0.25) is 5.02 Å². The maximum absolute atomic E-state index is 10.6. The summed E-state index contributed by atoms with van der Waals surface area (Å²) in [4.78, 5) is 10.6. The van der Waals surface area contributed by atoms with E-state index < -0.39 is 0 Å². The molecule has 1 aliphatic rings. The van der Waals surface area contributed by atoms with Gasteiger partial charge in [0.1, 0.15) is 12.0 Å². The van der Waals surface area contributed by atoms with Crippen molar-refractivity contribution in [2.24, 2.45) is 0 Å². The van der Waals surface area contributed by atoms with Crippen LogP contribution in [0.1, 0.15) is 42.4 Å². The molecule has 0 spiro atoms. The molecule has 92 valence electrons. The largest absolute Gasteiger partial charge is 0.495 e. The highest BCUT2D eigenvalue weighted by atomic mass is 35.5. The molecule has 0 N–H and O–H groups in total. The van der Waals surface area contributed by atoms with Crippen LogP contribution in [0.3, 0.4) is 0 Å². The highest BCUT2D eigenvalue weighted by Gasteiger charge is 2.23. The van der Waals surface area contributed by atoms with Crippen molar-refractivity contribution < 1.29 is 9.53 Å². The average Bonchev–Trinajstić information content (AvgIpc) is 2.77. The third-order valence-electron chi connectivity index (χ3n) is 3.50. The van der Waals surface area contributed by atoms with Crippen LogP contribution in [0.15, 0.2) is 6.07 Å². The Hall–Kier alpha value is -1.02. The van der Waals surface area contributed by atoms with Gasteiger partial charge in [0.05, 0.1) is 12.1 Å². The molecule has 0 amide bonds. The number of hydrogen-bond donors (Lipinski definition) is 0. The predicted molar refractivity (Wildman–Crippen MR) is 69.1 cm³/mol. The molecule has 1 atom stereocenters. The first-order chi connectivity index (χ1) is 8.19. The van der Waals surface area contributed by atoms with Crippen molar-refractivity contribution in [1.82, 2.24) is 0 Å². The molecule has 17 heavy (non-hydrogen) atoms. The molecule has 2 rings (SSSR count). The molecule has 0 radical (unpaired) electrons. The molecule has 0 saturated carbocycles. The van der Waals surface area contributed by atoms with Crippen LogP contribution in [0, 0.1) is 0 Å². The highest BCUT2D eigenvalue weighted by molar-refractivity contribution is 6.33. The number of ether oxygens (including phenoxy) is 1. The number of aldehydes is 1. The van der Waals surface area contributed by atoms with Gasteiger partial charge in [0, 0.05) is 6.42 Å². The van der Waals surface area contributed by atoms with Gasteiger partial charge in [-0.05, 0) is 41.9 Å². The van der Waals surface area contributed by atoms with Gasteiger partial charge < -0.3 is 9.53 Å². The van der Waals surface area contributed by atoms with E-state index in [1.54, 1.807) is 7.11 Å². The Morgan fingerprint density at radius 3 is 2.94 bits per heavy atom. The first kappa shape index (κ1) is 12.4. The van der Waals surface area contributed by atoms with E-state index in [-0.39, 0.29) is 5.92 Å². The van der Waals surface area contributed by atoms with Crippen LogP contribution in [-0.4, -0.2) is 13.4 Å². The maximum atomic E-state index is 10.6. The fourth-order valence-electron chi connectivity index (χ4n) is 2.54. The fraction of sp³-hybridized carbons (Fsp3) is 0.500. The molecule has 0 aliphatic heterocycles. The number of rotatable bonds is 4. The monoisotopic (exact) mass is 252 g/mol. The molecule has 1 aliphatic carbocycles. The summed E-state index contributed by atoms with van der Waals surface area (Å²) in [5, 5.41) is 0.746. The van der Waals surface area contributed by atoms with Crippen LogP contribution in [-0.2, 0) is 17.6 Å². The Kier molecular flexibility index (Phi) is 3.72. The summed E-state index contributed by atoms with van der Waals surface area (Å²) in [5.74, 6) is 0.910. The number of methoxy groups -OCH3 is 1. The molecular formula is C14H17ClO2. The lowest BCUT2D eigenvalue weighted by Crippen LogP contribution is -2.02. The van der Waals surface area contributed by atoms with Gasteiger partial charge >= 0.3 is 0 Å². The van der Waals surface area contributed by atoms with E-state index in [1.165, 1.54) is 11.1 Å². The number of hydrogen-bond acceptors (Lipinski definition) is 2. The molecule has 1 aromatic rings. The third kappa shape index (κ3) is 2.19. The SMILES string of the molecule is COc1c(C(C)CC=O)cc2c(c1Cl)CCC2. The van der Waals surface area contributed by atoms with E-state index in [4.69, 9.17) is 16.3 Å². The second-order valence-electron chi connectivity index (χ2n) is 4.61. The number of benzene rings is 1. The van der Waals surface area contributed by atoms with Crippen LogP contribution in [0.4, 0.5) is 0 Å². The molecule has 1 unspecified atom stereocenters. The summed E-state index contributed by atoms with van der Waals surface area (Å²) in [6, 6.07) is 2.17. The Morgan fingerprint density at radius 2 is 2.29 bits per heavy atom. The van der Waals surface area contributed by atoms with Crippen LogP contribution >= 0.6 is 11.6 Å². The van der Waals surface area contributed by atoms with Crippen LogP contribution in [0.5, 0.6) is 5.75 Å². The second-order valence-corrected chi connectivity index (χ2v) is 4.99. The zero-order valence-corrected chi connectivity index (χ0v) is 11.0. The minimum absolute atomic E-state index is 0.158. The van der Waals surface area contributed by atoms with Gasteiger partial charge in [0.2, 0.25) is 0 Å². The first-order valence-electron chi connectivity index (χ1n) is 6.00. The normalized spacial score (nSPS) is 15.5. The lowest BCUT2D eigenvalue weighted by molar-refractivity contribution is -0.108. The van der Waals surface area contributed by atoms with Gasteiger partial charge in [0.25, 0.3) is 0 Å². The first-order valence-corrected chi connectivity index (χ1v) is 6.38. The molecule has 0 saturated heterocycles. The zero-order chi connectivity index (χ0) is 12.4. The summed E-state index contributed by atoms with van der Waals surface area (Å²) < 4.78 is 5.42. The second kappa shape index (κ2) is 5.09. The molecule has 0 fully saturated rings. The molecule has 2 nitrogen and oxygen atoms in total. The van der Waals surface area contributed by atoms with Crippen molar-refractivity contribution in [1.29, 1.82) is 0 Å². The van der Waals surface area contributed by atoms with Gasteiger partial charge in [-0.2, -0.15) is 0 Å². The topological polar surface area (TPSA) is 26.3 Å². The lowest BCUT2D eigenvalue weighted by Gasteiger charge is -2.18. The summed E-state index contributed by atoms with van der Waals surface area (Å²) in [5.41, 5.74) is 3.61. The summed E-state index contributed by atoms with van der Waals surface area (Å²) in [6.45, 7) is 2.03. The summed E-state index contributed by atoms with van der Waals surface area (Å²) in [6.07, 6.45) is 4.73. The van der Waals surface area contributed by atoms with E-state index in [1.807, 2.05) is 6.92 Å². The van der Waals surface area contributed by atoms with E-state index in [0.717, 1.165) is 41.9 Å². The minimum Gasteiger partial charge on any atom is -0.495 e. The van der Waals surface area contributed by atoms with Crippen LogP contribution in [0.25, 0.3) is 0 Å². The van der Waals surface area contributed by atoms with Gasteiger partial charge in [-0.25, -0.2) is 0 Å². The number of aryl methyl sites for hydroxylation is 1. The van der Waals surface area contributed by atoms with Crippen molar-refractivity contribution in [3.8, 4) is 5.75 Å². The highest BCUT2D eigenvalue weighted by Crippen LogP contribution is 2.42. The Balaban J connectivity index is 2.51. The van der Waals surface area contributed by atoms with Gasteiger partial charge in [-0.1, -0.05) is 24.6 Å². The van der Waals surface area contributed by atoms with Crippen molar-refractivity contribution in [3.05, 3.63) is 27.8 Å². The molecule has 0 aromatic heterocycles. The summed E-state index contributed by atoms with van der Waals surface area (Å²) >= 11 is 6.39. The number of fused-ring (bicyclic) bond motifs is 1. The summed E-state index contributed by atoms with van der Waals surface area (Å²) in [7, 11) is 1.64. The average molecular weight is 253 g/mol. The van der Waals surface area contributed by atoms with Gasteiger partial charge in [-0.15, -0.1) is 0 Å². The quantitative estimate of drug-likeness (QED) is 0.767. The maximum Gasteiger partial charge on any atom is 0.141 e. The predicted octanol–water partition coefficient (Wildman–Crippen LogP) is 3.53. The molecular weight excluding hydrogens is 236 g/mol. The lowest BCUT2D eigenvalue weighted by atomic mass is 9.94. The van der Waals surface area contributed by atoms with Crippen molar-refractivity contribution in [2.45, 2.75) is 38.5 Å². The smallest absolute Gasteiger partial charge is 0.141 e. The zero-order valence-electron chi connectivity index (χ0n) is 10.3. The fourth-order valence-corrected chi connectivity index (χ4v) is 2.94. The number of halogens is 1. The van der Waals surface area contributed by atoms with Gasteiger partial charge in [0.15, 0.2) is 0 Å². The number of carbonyl (C=O) groups is 1. The molecule has 0 heterocycles.